The highest BCUT2D eigenvalue weighted by molar-refractivity contribution is 6.15. The molecule has 0 saturated carbocycles. The van der Waals surface area contributed by atoms with Gasteiger partial charge in [0.1, 0.15) is 11.4 Å². The Hall–Kier alpha value is -1.64. The Morgan fingerprint density at radius 2 is 2.06 bits per heavy atom. The summed E-state index contributed by atoms with van der Waals surface area (Å²) in [5, 5.41) is 2.88. The van der Waals surface area contributed by atoms with Crippen molar-refractivity contribution in [3.05, 3.63) is 35.4 Å². The zero-order chi connectivity index (χ0) is 12.6. The van der Waals surface area contributed by atoms with Crippen molar-refractivity contribution < 1.29 is 4.79 Å². The van der Waals surface area contributed by atoms with Crippen LogP contribution in [0.15, 0.2) is 29.3 Å². The van der Waals surface area contributed by atoms with Crippen LogP contribution >= 0.6 is 0 Å². The zero-order valence-corrected chi connectivity index (χ0v) is 10.7. The van der Waals surface area contributed by atoms with E-state index in [1.165, 1.54) is 0 Å². The number of hydrogen-bond acceptors (Lipinski definition) is 2. The fourth-order valence-corrected chi connectivity index (χ4v) is 1.87. The summed E-state index contributed by atoms with van der Waals surface area (Å²) < 4.78 is 0. The lowest BCUT2D eigenvalue weighted by Gasteiger charge is -2.21. The Bertz CT molecular complexity index is 491. The lowest BCUT2D eigenvalue weighted by atomic mass is 9.89. The van der Waals surface area contributed by atoms with Crippen LogP contribution in [0.2, 0.25) is 0 Å². The molecule has 0 spiro atoms. The fraction of sp³-hybridized carbons (Fsp3) is 0.429. The van der Waals surface area contributed by atoms with Crippen LogP contribution in [0.4, 0.5) is 0 Å². The predicted molar refractivity (Wildman–Crippen MR) is 69.1 cm³/mol. The predicted octanol–water partition coefficient (Wildman–Crippen LogP) is 2.29. The van der Waals surface area contributed by atoms with E-state index in [-0.39, 0.29) is 11.8 Å². The lowest BCUT2D eigenvalue weighted by molar-refractivity contribution is -0.124. The van der Waals surface area contributed by atoms with Crippen molar-refractivity contribution in [1.82, 2.24) is 5.32 Å². The van der Waals surface area contributed by atoms with Gasteiger partial charge >= 0.3 is 0 Å². The molecule has 2 rings (SSSR count). The molecule has 0 fully saturated rings. The number of amidine groups is 1. The number of carbonyl (C=O) groups is 1. The third kappa shape index (κ3) is 1.97. The monoisotopic (exact) mass is 230 g/mol. The summed E-state index contributed by atoms with van der Waals surface area (Å²) in [6.45, 7) is 7.95. The summed E-state index contributed by atoms with van der Waals surface area (Å²) in [6, 6.07) is 8.01. The van der Waals surface area contributed by atoms with Gasteiger partial charge in [0.25, 0.3) is 5.91 Å². The topological polar surface area (TPSA) is 41.5 Å². The van der Waals surface area contributed by atoms with Crippen molar-refractivity contribution in [3.63, 3.8) is 0 Å². The summed E-state index contributed by atoms with van der Waals surface area (Å²) in [6.07, 6.45) is 0. The summed E-state index contributed by atoms with van der Waals surface area (Å²) in [7, 11) is 0. The van der Waals surface area contributed by atoms with Gasteiger partial charge in [-0.25, -0.2) is 0 Å². The standard InChI is InChI=1S/C14H18N2O/c1-9(2)14(4)13(17)15-12(16-14)11-7-5-6-10(3)8-11/h5-9H,1-4H3,(H,15,16,17). The van der Waals surface area contributed by atoms with Gasteiger partial charge in [-0.15, -0.1) is 0 Å². The summed E-state index contributed by atoms with van der Waals surface area (Å²) in [5.74, 6) is 0.865. The molecule has 1 heterocycles. The largest absolute Gasteiger partial charge is 0.308 e. The maximum atomic E-state index is 12.0. The molecule has 3 nitrogen and oxygen atoms in total. The van der Waals surface area contributed by atoms with Gasteiger partial charge in [0, 0.05) is 5.56 Å². The number of hydrogen-bond donors (Lipinski definition) is 1. The summed E-state index contributed by atoms with van der Waals surface area (Å²) in [5.41, 5.74) is 1.50. The Labute approximate surface area is 102 Å². The average molecular weight is 230 g/mol. The highest BCUT2D eigenvalue weighted by Gasteiger charge is 2.41. The van der Waals surface area contributed by atoms with Crippen molar-refractivity contribution in [2.24, 2.45) is 10.9 Å². The molecule has 90 valence electrons. The van der Waals surface area contributed by atoms with Gasteiger partial charge in [-0.05, 0) is 25.8 Å². The van der Waals surface area contributed by atoms with Gasteiger partial charge in [0.15, 0.2) is 0 Å². The minimum absolute atomic E-state index is 0.0102. The molecular weight excluding hydrogens is 212 g/mol. The minimum Gasteiger partial charge on any atom is -0.308 e. The Morgan fingerprint density at radius 1 is 1.35 bits per heavy atom. The number of rotatable bonds is 2. The molecule has 17 heavy (non-hydrogen) atoms. The second-order valence-corrected chi connectivity index (χ2v) is 5.09. The van der Waals surface area contributed by atoms with Gasteiger partial charge < -0.3 is 5.32 Å². The van der Waals surface area contributed by atoms with Crippen molar-refractivity contribution in [1.29, 1.82) is 0 Å². The number of aryl methyl sites for hydroxylation is 1. The molecule has 1 aromatic carbocycles. The van der Waals surface area contributed by atoms with Crippen LogP contribution in [0.25, 0.3) is 0 Å². The molecule has 0 saturated heterocycles. The van der Waals surface area contributed by atoms with Crippen molar-refractivity contribution in [3.8, 4) is 0 Å². The molecule has 1 N–H and O–H groups in total. The van der Waals surface area contributed by atoms with Crippen LogP contribution in [0.3, 0.4) is 0 Å². The second kappa shape index (κ2) is 3.99. The van der Waals surface area contributed by atoms with Crippen LogP contribution in [0.1, 0.15) is 31.9 Å². The second-order valence-electron chi connectivity index (χ2n) is 5.09. The van der Waals surface area contributed by atoms with E-state index < -0.39 is 5.54 Å². The number of amides is 1. The molecule has 0 aromatic heterocycles. The zero-order valence-electron chi connectivity index (χ0n) is 10.7. The van der Waals surface area contributed by atoms with E-state index in [0.717, 1.165) is 11.1 Å². The van der Waals surface area contributed by atoms with E-state index in [1.54, 1.807) is 0 Å². The number of aliphatic imine (C=N–C) groups is 1. The first-order valence-electron chi connectivity index (χ1n) is 5.92. The number of nitrogens with zero attached hydrogens (tertiary/aromatic N) is 1. The van der Waals surface area contributed by atoms with Crippen molar-refractivity contribution >= 4 is 11.7 Å². The number of nitrogens with one attached hydrogen (secondary N) is 1. The minimum atomic E-state index is -0.640. The van der Waals surface area contributed by atoms with Gasteiger partial charge in [-0.1, -0.05) is 37.6 Å². The normalized spacial score (nSPS) is 23.8. The molecule has 0 bridgehead atoms. The SMILES string of the molecule is Cc1cccc(C2=NC(C)(C(C)C)C(=O)N2)c1. The van der Waals surface area contributed by atoms with E-state index in [4.69, 9.17) is 0 Å². The van der Waals surface area contributed by atoms with Crippen LogP contribution in [-0.4, -0.2) is 17.3 Å². The first-order valence-corrected chi connectivity index (χ1v) is 5.92. The van der Waals surface area contributed by atoms with E-state index in [0.29, 0.717) is 5.84 Å². The van der Waals surface area contributed by atoms with E-state index in [9.17, 15) is 4.79 Å². The van der Waals surface area contributed by atoms with Gasteiger partial charge in [-0.2, -0.15) is 0 Å². The Morgan fingerprint density at radius 3 is 2.59 bits per heavy atom. The third-order valence-electron chi connectivity index (χ3n) is 3.45. The van der Waals surface area contributed by atoms with Gasteiger partial charge in [-0.3, -0.25) is 9.79 Å². The van der Waals surface area contributed by atoms with Gasteiger partial charge in [0.2, 0.25) is 0 Å². The molecule has 1 aliphatic heterocycles. The van der Waals surface area contributed by atoms with Crippen molar-refractivity contribution in [2.75, 3.05) is 0 Å². The first-order chi connectivity index (χ1) is 7.93. The highest BCUT2D eigenvalue weighted by Crippen LogP contribution is 2.26. The molecule has 1 aromatic rings. The molecule has 1 atom stereocenters. The van der Waals surface area contributed by atoms with E-state index in [1.807, 2.05) is 52.0 Å². The van der Waals surface area contributed by atoms with Crippen LogP contribution in [0, 0.1) is 12.8 Å². The van der Waals surface area contributed by atoms with Crippen LogP contribution in [-0.2, 0) is 4.79 Å². The summed E-state index contributed by atoms with van der Waals surface area (Å²) >= 11 is 0. The fourth-order valence-electron chi connectivity index (χ4n) is 1.87. The van der Waals surface area contributed by atoms with E-state index >= 15 is 0 Å². The van der Waals surface area contributed by atoms with E-state index in [2.05, 4.69) is 10.3 Å². The number of benzene rings is 1. The van der Waals surface area contributed by atoms with Crippen LogP contribution < -0.4 is 5.32 Å². The highest BCUT2D eigenvalue weighted by atomic mass is 16.2. The molecule has 1 aliphatic rings. The Kier molecular flexibility index (Phi) is 2.77. The molecule has 0 radical (unpaired) electrons. The molecule has 1 amide bonds. The maximum Gasteiger partial charge on any atom is 0.253 e. The van der Waals surface area contributed by atoms with Crippen LogP contribution in [0.5, 0.6) is 0 Å². The lowest BCUT2D eigenvalue weighted by Crippen LogP contribution is -2.41. The Balaban J connectivity index is 2.40. The van der Waals surface area contributed by atoms with Gasteiger partial charge in [0.05, 0.1) is 0 Å². The quantitative estimate of drug-likeness (QED) is 0.832. The molecule has 1 unspecified atom stereocenters. The molecule has 3 heteroatoms. The van der Waals surface area contributed by atoms with Crippen molar-refractivity contribution in [2.45, 2.75) is 33.2 Å². The smallest absolute Gasteiger partial charge is 0.253 e. The molecule has 0 aliphatic carbocycles. The first kappa shape index (κ1) is 11.8. The average Bonchev–Trinajstić information content (AvgIpc) is 2.57. The molecular formula is C14H18N2O. The summed E-state index contributed by atoms with van der Waals surface area (Å²) in [4.78, 5) is 16.5. The third-order valence-corrected chi connectivity index (χ3v) is 3.45. The number of carbonyl (C=O) groups excluding carboxylic acids is 1. The maximum absolute atomic E-state index is 12.0.